The highest BCUT2D eigenvalue weighted by Gasteiger charge is 2.30. The number of hydrogen-bond acceptors (Lipinski definition) is 1. The van der Waals surface area contributed by atoms with Gasteiger partial charge >= 0.3 is 0 Å². The number of benzene rings is 3. The molecule has 1 atom stereocenters. The molecule has 1 nitrogen and oxygen atoms in total. The second-order valence-electron chi connectivity index (χ2n) is 5.60. The molecule has 0 saturated carbocycles. The average Bonchev–Trinajstić information content (AvgIpc) is 2.50. The van der Waals surface area contributed by atoms with Gasteiger partial charge in [-0.1, -0.05) is 61.2 Å². The van der Waals surface area contributed by atoms with Crippen LogP contribution >= 0.6 is 0 Å². The quantitative estimate of drug-likeness (QED) is 0.705. The Kier molecular flexibility index (Phi) is 2.61. The Balaban J connectivity index is 1.99. The molecule has 0 spiro atoms. The molecule has 3 aromatic rings. The van der Waals surface area contributed by atoms with Gasteiger partial charge in [0.1, 0.15) is 5.75 Å². The summed E-state index contributed by atoms with van der Waals surface area (Å²) in [5, 5.41) is 12.8. The van der Waals surface area contributed by atoms with Crippen LogP contribution in [-0.2, 0) is 6.42 Å². The molecular weight excluding hydrogens is 256 g/mol. The van der Waals surface area contributed by atoms with Crippen LogP contribution in [0.1, 0.15) is 28.2 Å². The van der Waals surface area contributed by atoms with Crippen LogP contribution in [0.5, 0.6) is 5.75 Å². The number of fused-ring (bicyclic) bond motifs is 2. The fraction of sp³-hybridized carbons (Fsp3) is 0.100. The second-order valence-corrected chi connectivity index (χ2v) is 5.60. The lowest BCUT2D eigenvalue weighted by molar-refractivity contribution is 0.463. The molecule has 0 fully saturated rings. The minimum atomic E-state index is 0.296. The van der Waals surface area contributed by atoms with Crippen LogP contribution in [0, 0.1) is 0 Å². The van der Waals surface area contributed by atoms with Crippen molar-refractivity contribution in [3.8, 4) is 5.75 Å². The van der Waals surface area contributed by atoms with Crippen LogP contribution in [0.3, 0.4) is 0 Å². The Morgan fingerprint density at radius 2 is 1.71 bits per heavy atom. The number of phenolic OH excluding ortho intramolecular Hbond substituents is 1. The number of aromatic hydroxyl groups is 1. The van der Waals surface area contributed by atoms with Gasteiger partial charge in [0, 0.05) is 11.5 Å². The number of rotatable bonds is 2. The third-order valence-corrected chi connectivity index (χ3v) is 4.52. The Morgan fingerprint density at radius 1 is 1.00 bits per heavy atom. The zero-order valence-electron chi connectivity index (χ0n) is 11.7. The van der Waals surface area contributed by atoms with Gasteiger partial charge in [-0.25, -0.2) is 0 Å². The van der Waals surface area contributed by atoms with E-state index < -0.39 is 0 Å². The smallest absolute Gasteiger partial charge is 0.120 e. The maximum atomic E-state index is 10.5. The maximum absolute atomic E-state index is 10.5. The van der Waals surface area contributed by atoms with E-state index in [4.69, 9.17) is 0 Å². The zero-order chi connectivity index (χ0) is 14.4. The molecule has 0 amide bonds. The maximum Gasteiger partial charge on any atom is 0.120 e. The lowest BCUT2D eigenvalue weighted by Crippen LogP contribution is -2.18. The molecular formula is C20H16O. The van der Waals surface area contributed by atoms with E-state index in [1.54, 1.807) is 6.08 Å². The van der Waals surface area contributed by atoms with Crippen molar-refractivity contribution in [2.75, 3.05) is 0 Å². The normalized spacial score (nSPS) is 16.3. The van der Waals surface area contributed by atoms with Crippen LogP contribution < -0.4 is 0 Å². The molecule has 102 valence electrons. The topological polar surface area (TPSA) is 20.2 Å². The molecule has 1 heteroatoms. The molecule has 1 aliphatic rings. The van der Waals surface area contributed by atoms with Crippen molar-refractivity contribution in [2.24, 2.45) is 0 Å². The van der Waals surface area contributed by atoms with E-state index in [0.717, 1.165) is 28.3 Å². The minimum Gasteiger partial charge on any atom is -0.508 e. The van der Waals surface area contributed by atoms with Gasteiger partial charge in [-0.05, 0) is 39.9 Å². The minimum absolute atomic E-state index is 0.296. The fourth-order valence-corrected chi connectivity index (χ4v) is 3.46. The van der Waals surface area contributed by atoms with Crippen molar-refractivity contribution in [3.63, 3.8) is 0 Å². The first kappa shape index (κ1) is 12.2. The zero-order valence-corrected chi connectivity index (χ0v) is 11.7. The van der Waals surface area contributed by atoms with Gasteiger partial charge in [0.2, 0.25) is 0 Å². The van der Waals surface area contributed by atoms with E-state index in [1.165, 1.54) is 11.1 Å². The molecule has 0 aliphatic heterocycles. The highest BCUT2D eigenvalue weighted by atomic mass is 16.3. The summed E-state index contributed by atoms with van der Waals surface area (Å²) in [7, 11) is 0. The Bertz CT molecular complexity index is 861. The lowest BCUT2D eigenvalue weighted by atomic mass is 9.72. The van der Waals surface area contributed by atoms with Crippen LogP contribution in [0.4, 0.5) is 0 Å². The molecule has 4 rings (SSSR count). The largest absolute Gasteiger partial charge is 0.508 e. The first-order valence-corrected chi connectivity index (χ1v) is 7.24. The third kappa shape index (κ3) is 1.71. The monoisotopic (exact) mass is 272 g/mol. The Hall–Kier alpha value is -2.54. The second kappa shape index (κ2) is 4.49. The predicted molar refractivity (Wildman–Crippen MR) is 87.7 cm³/mol. The van der Waals surface area contributed by atoms with Gasteiger partial charge in [-0.3, -0.25) is 0 Å². The SMILES string of the molecule is C=Cc1cc(O)c(C2Cc3ccccc32)c2ccccc12. The summed E-state index contributed by atoms with van der Waals surface area (Å²) in [6, 6.07) is 18.6. The van der Waals surface area contributed by atoms with Crippen molar-refractivity contribution < 1.29 is 5.11 Å². The summed E-state index contributed by atoms with van der Waals surface area (Å²) in [6.45, 7) is 3.86. The van der Waals surface area contributed by atoms with E-state index in [2.05, 4.69) is 43.0 Å². The van der Waals surface area contributed by atoms with Crippen molar-refractivity contribution in [3.05, 3.63) is 83.4 Å². The highest BCUT2D eigenvalue weighted by molar-refractivity contribution is 5.95. The van der Waals surface area contributed by atoms with Gasteiger partial charge in [0.05, 0.1) is 0 Å². The molecule has 0 bridgehead atoms. The number of hydrogen-bond donors (Lipinski definition) is 1. The Labute approximate surface area is 124 Å². The summed E-state index contributed by atoms with van der Waals surface area (Å²) >= 11 is 0. The van der Waals surface area contributed by atoms with E-state index in [9.17, 15) is 5.11 Å². The van der Waals surface area contributed by atoms with Gasteiger partial charge < -0.3 is 5.11 Å². The van der Waals surface area contributed by atoms with Crippen LogP contribution in [0.2, 0.25) is 0 Å². The summed E-state index contributed by atoms with van der Waals surface area (Å²) in [4.78, 5) is 0. The molecule has 1 aliphatic carbocycles. The molecule has 21 heavy (non-hydrogen) atoms. The van der Waals surface area contributed by atoms with Crippen LogP contribution in [-0.4, -0.2) is 5.11 Å². The van der Waals surface area contributed by atoms with Crippen molar-refractivity contribution in [1.82, 2.24) is 0 Å². The summed E-state index contributed by atoms with van der Waals surface area (Å²) in [6.07, 6.45) is 2.81. The number of phenols is 1. The summed E-state index contributed by atoms with van der Waals surface area (Å²) in [5.41, 5.74) is 4.76. The predicted octanol–water partition coefficient (Wildman–Crippen LogP) is 4.88. The molecule has 0 saturated heterocycles. The summed E-state index contributed by atoms with van der Waals surface area (Å²) < 4.78 is 0. The molecule has 0 aromatic heterocycles. The lowest BCUT2D eigenvalue weighted by Gasteiger charge is -2.32. The molecule has 0 heterocycles. The molecule has 1 unspecified atom stereocenters. The first-order chi connectivity index (χ1) is 10.3. The van der Waals surface area contributed by atoms with E-state index >= 15 is 0 Å². The average molecular weight is 272 g/mol. The molecule has 1 N–H and O–H groups in total. The molecule has 3 aromatic carbocycles. The van der Waals surface area contributed by atoms with E-state index in [1.807, 2.05) is 18.2 Å². The van der Waals surface area contributed by atoms with Crippen molar-refractivity contribution >= 4 is 16.8 Å². The van der Waals surface area contributed by atoms with Gasteiger partial charge in [-0.15, -0.1) is 0 Å². The molecule has 0 radical (unpaired) electrons. The van der Waals surface area contributed by atoms with E-state index in [-0.39, 0.29) is 0 Å². The van der Waals surface area contributed by atoms with Crippen molar-refractivity contribution in [1.29, 1.82) is 0 Å². The van der Waals surface area contributed by atoms with Gasteiger partial charge in [-0.2, -0.15) is 0 Å². The van der Waals surface area contributed by atoms with E-state index in [0.29, 0.717) is 11.7 Å². The standard InChI is InChI=1S/C20H16O/c1-2-13-12-19(21)20(17-10-6-5-8-15(13)17)18-11-14-7-3-4-9-16(14)18/h2-10,12,18,21H,1,11H2. The fourth-order valence-electron chi connectivity index (χ4n) is 3.46. The van der Waals surface area contributed by atoms with Gasteiger partial charge in [0.15, 0.2) is 0 Å². The van der Waals surface area contributed by atoms with Crippen LogP contribution in [0.25, 0.3) is 16.8 Å². The van der Waals surface area contributed by atoms with Crippen molar-refractivity contribution in [2.45, 2.75) is 12.3 Å². The highest BCUT2D eigenvalue weighted by Crippen LogP contribution is 2.46. The Morgan fingerprint density at radius 3 is 2.48 bits per heavy atom. The van der Waals surface area contributed by atoms with Crippen LogP contribution in [0.15, 0.2) is 61.2 Å². The first-order valence-electron chi connectivity index (χ1n) is 7.24. The van der Waals surface area contributed by atoms with Gasteiger partial charge in [0.25, 0.3) is 0 Å². The summed E-state index contributed by atoms with van der Waals surface area (Å²) in [5.74, 6) is 0.674. The third-order valence-electron chi connectivity index (χ3n) is 4.52.